The Labute approximate surface area is 147 Å². The molecule has 1 aliphatic heterocycles. The van der Waals surface area contributed by atoms with Gasteiger partial charge in [0.2, 0.25) is 0 Å². The number of carbonyl (C=O) groups is 1. The van der Waals surface area contributed by atoms with Crippen LogP contribution in [-0.4, -0.2) is 40.7 Å². The first kappa shape index (κ1) is 17.4. The number of aryl methyl sites for hydroxylation is 1. The summed E-state index contributed by atoms with van der Waals surface area (Å²) in [6, 6.07) is 10.2. The molecule has 1 aliphatic rings. The summed E-state index contributed by atoms with van der Waals surface area (Å²) in [5.41, 5.74) is 6.81. The fraction of sp³-hybridized carbons (Fsp3) is 0.500. The Bertz CT molecular complexity index is 680. The first-order chi connectivity index (χ1) is 12.1. The number of carbonyl (C=O) groups excluding carboxylic acids is 1. The minimum absolute atomic E-state index is 0.187. The van der Waals surface area contributed by atoms with Gasteiger partial charge in [-0.15, -0.1) is 0 Å². The van der Waals surface area contributed by atoms with Crippen molar-refractivity contribution in [2.75, 3.05) is 24.5 Å². The van der Waals surface area contributed by atoms with Gasteiger partial charge in [0.25, 0.3) is 0 Å². The SMILES string of the molecule is Cc1noc(N(CCC2CCN(Cc3ccccc3)CC2)C(N)=O)n1. The van der Waals surface area contributed by atoms with E-state index in [-0.39, 0.29) is 6.01 Å². The van der Waals surface area contributed by atoms with Gasteiger partial charge in [0, 0.05) is 13.1 Å². The number of hydrogen-bond donors (Lipinski definition) is 1. The fourth-order valence-electron chi connectivity index (χ4n) is 3.28. The van der Waals surface area contributed by atoms with Crippen LogP contribution in [0.4, 0.5) is 10.8 Å². The van der Waals surface area contributed by atoms with E-state index < -0.39 is 6.03 Å². The van der Waals surface area contributed by atoms with E-state index in [4.69, 9.17) is 10.3 Å². The maximum Gasteiger partial charge on any atom is 0.332 e. The highest BCUT2D eigenvalue weighted by Crippen LogP contribution is 2.23. The van der Waals surface area contributed by atoms with Gasteiger partial charge in [0.15, 0.2) is 5.82 Å². The number of primary amides is 1. The van der Waals surface area contributed by atoms with Gasteiger partial charge in [0.1, 0.15) is 0 Å². The summed E-state index contributed by atoms with van der Waals surface area (Å²) in [5.74, 6) is 1.08. The Morgan fingerprint density at radius 2 is 2.04 bits per heavy atom. The van der Waals surface area contributed by atoms with Crippen molar-refractivity contribution >= 4 is 12.0 Å². The van der Waals surface area contributed by atoms with E-state index in [1.54, 1.807) is 6.92 Å². The van der Waals surface area contributed by atoms with Crippen molar-refractivity contribution in [3.05, 3.63) is 41.7 Å². The summed E-state index contributed by atoms with van der Waals surface area (Å²) in [5, 5.41) is 3.72. The first-order valence-corrected chi connectivity index (χ1v) is 8.75. The number of benzene rings is 1. The molecule has 0 aliphatic carbocycles. The second kappa shape index (κ2) is 8.11. The Morgan fingerprint density at radius 1 is 1.32 bits per heavy atom. The molecule has 7 heteroatoms. The molecule has 0 bridgehead atoms. The maximum absolute atomic E-state index is 11.6. The zero-order valence-corrected chi connectivity index (χ0v) is 14.6. The van der Waals surface area contributed by atoms with Gasteiger partial charge in [-0.1, -0.05) is 35.5 Å². The summed E-state index contributed by atoms with van der Waals surface area (Å²) in [6.45, 7) is 5.39. The van der Waals surface area contributed by atoms with Crippen LogP contribution in [0, 0.1) is 12.8 Å². The number of aromatic nitrogens is 2. The minimum Gasteiger partial charge on any atom is -0.351 e. The van der Waals surface area contributed by atoms with Crippen LogP contribution in [0.25, 0.3) is 0 Å². The molecule has 7 nitrogen and oxygen atoms in total. The van der Waals surface area contributed by atoms with Crippen LogP contribution in [0.2, 0.25) is 0 Å². The lowest BCUT2D eigenvalue weighted by Crippen LogP contribution is -2.39. The summed E-state index contributed by atoms with van der Waals surface area (Å²) < 4.78 is 5.07. The highest BCUT2D eigenvalue weighted by atomic mass is 16.5. The maximum atomic E-state index is 11.6. The second-order valence-electron chi connectivity index (χ2n) is 6.61. The van der Waals surface area contributed by atoms with Crippen molar-refractivity contribution in [1.82, 2.24) is 15.0 Å². The highest BCUT2D eigenvalue weighted by molar-refractivity contribution is 5.88. The number of nitrogens with two attached hydrogens (primary N) is 1. The van der Waals surface area contributed by atoms with Gasteiger partial charge in [0.05, 0.1) is 0 Å². The Morgan fingerprint density at radius 3 is 2.64 bits per heavy atom. The molecule has 1 fully saturated rings. The van der Waals surface area contributed by atoms with Crippen molar-refractivity contribution in [2.24, 2.45) is 11.7 Å². The van der Waals surface area contributed by atoms with Gasteiger partial charge in [-0.05, 0) is 50.8 Å². The molecule has 2 heterocycles. The normalized spacial score (nSPS) is 16.0. The lowest BCUT2D eigenvalue weighted by atomic mass is 9.93. The summed E-state index contributed by atoms with van der Waals surface area (Å²) in [7, 11) is 0. The van der Waals surface area contributed by atoms with Crippen LogP contribution in [0.5, 0.6) is 0 Å². The molecule has 0 unspecified atom stereocenters. The van der Waals surface area contributed by atoms with Gasteiger partial charge >= 0.3 is 12.0 Å². The van der Waals surface area contributed by atoms with Crippen LogP contribution >= 0.6 is 0 Å². The molecule has 2 amide bonds. The second-order valence-corrected chi connectivity index (χ2v) is 6.61. The zero-order valence-electron chi connectivity index (χ0n) is 14.6. The molecule has 0 atom stereocenters. The highest BCUT2D eigenvalue weighted by Gasteiger charge is 2.23. The van der Waals surface area contributed by atoms with Crippen molar-refractivity contribution in [3.8, 4) is 0 Å². The van der Waals surface area contributed by atoms with Crippen LogP contribution in [0.1, 0.15) is 30.7 Å². The van der Waals surface area contributed by atoms with Crippen molar-refractivity contribution in [1.29, 1.82) is 0 Å². The predicted octanol–water partition coefficient (Wildman–Crippen LogP) is 2.57. The van der Waals surface area contributed by atoms with Crippen LogP contribution < -0.4 is 10.6 Å². The third-order valence-corrected chi connectivity index (χ3v) is 4.73. The monoisotopic (exact) mass is 343 g/mol. The lowest BCUT2D eigenvalue weighted by Gasteiger charge is -2.32. The number of anilines is 1. The molecule has 1 aromatic carbocycles. The third-order valence-electron chi connectivity index (χ3n) is 4.73. The minimum atomic E-state index is -0.551. The Balaban J connectivity index is 1.46. The van der Waals surface area contributed by atoms with E-state index in [1.165, 1.54) is 10.5 Å². The molecule has 1 aromatic heterocycles. The number of urea groups is 1. The number of likely N-dealkylation sites (tertiary alicyclic amines) is 1. The molecule has 3 rings (SSSR count). The molecular weight excluding hydrogens is 318 g/mol. The van der Waals surface area contributed by atoms with E-state index in [0.717, 1.165) is 38.9 Å². The molecule has 2 aromatic rings. The molecule has 0 radical (unpaired) electrons. The molecule has 134 valence electrons. The van der Waals surface area contributed by atoms with Gasteiger partial charge in [-0.25, -0.2) is 9.69 Å². The number of hydrogen-bond acceptors (Lipinski definition) is 5. The molecule has 0 saturated carbocycles. The molecule has 0 spiro atoms. The average molecular weight is 343 g/mol. The Kier molecular flexibility index (Phi) is 5.65. The quantitative estimate of drug-likeness (QED) is 0.871. The summed E-state index contributed by atoms with van der Waals surface area (Å²) >= 11 is 0. The largest absolute Gasteiger partial charge is 0.351 e. The zero-order chi connectivity index (χ0) is 17.6. The van der Waals surface area contributed by atoms with Crippen LogP contribution in [-0.2, 0) is 6.54 Å². The van der Waals surface area contributed by atoms with Crippen LogP contribution in [0.15, 0.2) is 34.9 Å². The topological polar surface area (TPSA) is 88.5 Å². The molecule has 25 heavy (non-hydrogen) atoms. The molecule has 1 saturated heterocycles. The van der Waals surface area contributed by atoms with Crippen molar-refractivity contribution < 1.29 is 9.32 Å². The Hall–Kier alpha value is -2.41. The summed E-state index contributed by atoms with van der Waals surface area (Å²) in [6.07, 6.45) is 3.15. The van der Waals surface area contributed by atoms with Gasteiger partial charge in [-0.3, -0.25) is 4.90 Å². The van der Waals surface area contributed by atoms with E-state index in [2.05, 4.69) is 39.3 Å². The lowest BCUT2D eigenvalue weighted by molar-refractivity contribution is 0.173. The average Bonchev–Trinajstić information content (AvgIpc) is 3.03. The van der Waals surface area contributed by atoms with E-state index >= 15 is 0 Å². The van der Waals surface area contributed by atoms with Crippen LogP contribution in [0.3, 0.4) is 0 Å². The first-order valence-electron chi connectivity index (χ1n) is 8.75. The number of rotatable bonds is 6. The fourth-order valence-corrected chi connectivity index (χ4v) is 3.28. The van der Waals surface area contributed by atoms with Gasteiger partial charge in [-0.2, -0.15) is 4.98 Å². The van der Waals surface area contributed by atoms with Crippen molar-refractivity contribution in [3.63, 3.8) is 0 Å². The molecule has 2 N–H and O–H groups in total. The van der Waals surface area contributed by atoms with Gasteiger partial charge < -0.3 is 10.3 Å². The third kappa shape index (κ3) is 4.79. The summed E-state index contributed by atoms with van der Waals surface area (Å²) in [4.78, 5) is 19.6. The predicted molar refractivity (Wildman–Crippen MR) is 95.0 cm³/mol. The smallest absolute Gasteiger partial charge is 0.332 e. The van der Waals surface area contributed by atoms with Crippen molar-refractivity contribution in [2.45, 2.75) is 32.7 Å². The number of piperidine rings is 1. The number of nitrogens with zero attached hydrogens (tertiary/aromatic N) is 4. The van der Waals surface area contributed by atoms with E-state index in [0.29, 0.717) is 18.3 Å². The standard InChI is InChI=1S/C18H25N5O2/c1-14-20-18(25-21-14)23(17(19)24)12-9-15-7-10-22(11-8-15)13-16-5-3-2-4-6-16/h2-6,15H,7-13H2,1H3,(H2,19,24). The van der Waals surface area contributed by atoms with E-state index in [1.807, 2.05) is 6.07 Å². The molecular formula is C18H25N5O2. The van der Waals surface area contributed by atoms with E-state index in [9.17, 15) is 4.79 Å². The number of amides is 2.